The van der Waals surface area contributed by atoms with E-state index in [1.807, 2.05) is 18.2 Å². The maximum atomic E-state index is 11.8. The highest BCUT2D eigenvalue weighted by Crippen LogP contribution is 2.18. The number of fused-ring (bicyclic) bond motifs is 1. The fourth-order valence-electron chi connectivity index (χ4n) is 3.05. The fraction of sp³-hybridized carbons (Fsp3) is 0.524. The number of aromatic nitrogens is 2. The van der Waals surface area contributed by atoms with Crippen molar-refractivity contribution in [3.8, 4) is 0 Å². The summed E-state index contributed by atoms with van der Waals surface area (Å²) in [4.78, 5) is 16.5. The van der Waals surface area contributed by atoms with Gasteiger partial charge in [0, 0.05) is 12.1 Å². The third-order valence-corrected chi connectivity index (χ3v) is 4.51. The number of carbonyl (C=O) groups excluding carboxylic acids is 1. The molecule has 0 aliphatic rings. The highest BCUT2D eigenvalue weighted by atomic mass is 16.1. The van der Waals surface area contributed by atoms with Crippen LogP contribution in [0.3, 0.4) is 0 Å². The first-order valence-electron chi connectivity index (χ1n) is 9.51. The van der Waals surface area contributed by atoms with E-state index in [2.05, 4.69) is 29.5 Å². The summed E-state index contributed by atoms with van der Waals surface area (Å²) in [6.45, 7) is 9.04. The standard InChI is InChI=1S/C21H31N3O/c1-4-5-6-7-8-9-12-15-24-19-14-11-10-13-18(19)23-20(24)16-22-21(25)17(2)3/h10-11,13-14H,2,4-9,12,15-16H2,1,3H3,(H,22,25). The highest BCUT2D eigenvalue weighted by molar-refractivity contribution is 5.92. The largest absolute Gasteiger partial charge is 0.345 e. The van der Waals surface area contributed by atoms with Crippen molar-refractivity contribution in [2.24, 2.45) is 0 Å². The molecule has 0 spiro atoms. The molecule has 136 valence electrons. The van der Waals surface area contributed by atoms with E-state index in [0.717, 1.165) is 29.8 Å². The van der Waals surface area contributed by atoms with E-state index in [9.17, 15) is 4.79 Å². The molecule has 4 heteroatoms. The number of nitrogens with one attached hydrogen (secondary N) is 1. The van der Waals surface area contributed by atoms with Crippen LogP contribution in [0.4, 0.5) is 0 Å². The lowest BCUT2D eigenvalue weighted by Gasteiger charge is -2.10. The molecule has 0 saturated carbocycles. The van der Waals surface area contributed by atoms with Crippen LogP contribution in [-0.4, -0.2) is 15.5 Å². The van der Waals surface area contributed by atoms with Gasteiger partial charge < -0.3 is 9.88 Å². The van der Waals surface area contributed by atoms with Crippen LogP contribution < -0.4 is 5.32 Å². The maximum absolute atomic E-state index is 11.8. The molecule has 0 fully saturated rings. The molecule has 1 aromatic carbocycles. The van der Waals surface area contributed by atoms with Crippen molar-refractivity contribution in [1.29, 1.82) is 0 Å². The first kappa shape index (κ1) is 19.2. The molecule has 1 N–H and O–H groups in total. The summed E-state index contributed by atoms with van der Waals surface area (Å²) in [6, 6.07) is 8.18. The Morgan fingerprint density at radius 2 is 1.80 bits per heavy atom. The summed E-state index contributed by atoms with van der Waals surface area (Å²) in [7, 11) is 0. The average molecular weight is 341 g/mol. The van der Waals surface area contributed by atoms with Gasteiger partial charge in [-0.2, -0.15) is 0 Å². The number of hydrogen-bond acceptors (Lipinski definition) is 2. The first-order valence-corrected chi connectivity index (χ1v) is 9.51. The second kappa shape index (κ2) is 10.0. The Kier molecular flexibility index (Phi) is 7.71. The molecule has 2 rings (SSSR count). The van der Waals surface area contributed by atoms with E-state index in [1.165, 1.54) is 38.5 Å². The van der Waals surface area contributed by atoms with Gasteiger partial charge in [-0.25, -0.2) is 4.98 Å². The predicted octanol–water partition coefficient (Wildman–Crippen LogP) is 4.98. The van der Waals surface area contributed by atoms with Gasteiger partial charge in [0.2, 0.25) is 5.91 Å². The van der Waals surface area contributed by atoms with Crippen molar-refractivity contribution in [1.82, 2.24) is 14.9 Å². The fourth-order valence-corrected chi connectivity index (χ4v) is 3.05. The number of nitrogens with zero attached hydrogens (tertiary/aromatic N) is 2. The van der Waals surface area contributed by atoms with E-state index in [4.69, 9.17) is 4.98 Å². The van der Waals surface area contributed by atoms with Gasteiger partial charge in [-0.15, -0.1) is 0 Å². The van der Waals surface area contributed by atoms with Crippen LogP contribution in [0.5, 0.6) is 0 Å². The van der Waals surface area contributed by atoms with Gasteiger partial charge in [0.05, 0.1) is 17.6 Å². The molecule has 1 heterocycles. The minimum Gasteiger partial charge on any atom is -0.345 e. The Morgan fingerprint density at radius 1 is 1.12 bits per heavy atom. The van der Waals surface area contributed by atoms with Crippen LogP contribution in [0.15, 0.2) is 36.4 Å². The summed E-state index contributed by atoms with van der Waals surface area (Å²) >= 11 is 0. The number of para-hydroxylation sites is 2. The number of unbranched alkanes of at least 4 members (excludes halogenated alkanes) is 6. The number of rotatable bonds is 11. The monoisotopic (exact) mass is 341 g/mol. The van der Waals surface area contributed by atoms with Crippen LogP contribution >= 0.6 is 0 Å². The molecule has 2 aromatic rings. The Labute approximate surface area is 151 Å². The molecule has 1 amide bonds. The molecule has 0 bridgehead atoms. The second-order valence-electron chi connectivity index (χ2n) is 6.75. The second-order valence-corrected chi connectivity index (χ2v) is 6.75. The molecular weight excluding hydrogens is 310 g/mol. The topological polar surface area (TPSA) is 46.9 Å². The molecule has 0 radical (unpaired) electrons. The van der Waals surface area contributed by atoms with E-state index >= 15 is 0 Å². The smallest absolute Gasteiger partial charge is 0.246 e. The van der Waals surface area contributed by atoms with Gasteiger partial charge in [0.15, 0.2) is 0 Å². The zero-order valence-corrected chi connectivity index (χ0v) is 15.7. The number of benzene rings is 1. The lowest BCUT2D eigenvalue weighted by Crippen LogP contribution is -2.25. The minimum absolute atomic E-state index is 0.116. The first-order chi connectivity index (χ1) is 12.1. The molecule has 0 unspecified atom stereocenters. The third kappa shape index (κ3) is 5.73. The number of hydrogen-bond donors (Lipinski definition) is 1. The van der Waals surface area contributed by atoms with E-state index in [1.54, 1.807) is 6.92 Å². The van der Waals surface area contributed by atoms with Crippen molar-refractivity contribution in [2.75, 3.05) is 0 Å². The van der Waals surface area contributed by atoms with Crippen molar-refractivity contribution >= 4 is 16.9 Å². The highest BCUT2D eigenvalue weighted by Gasteiger charge is 2.11. The number of aryl methyl sites for hydroxylation is 1. The molecule has 0 aliphatic heterocycles. The summed E-state index contributed by atoms with van der Waals surface area (Å²) in [6.07, 6.45) is 9.01. The molecule has 25 heavy (non-hydrogen) atoms. The van der Waals surface area contributed by atoms with Crippen LogP contribution in [-0.2, 0) is 17.9 Å². The van der Waals surface area contributed by atoms with Crippen molar-refractivity contribution < 1.29 is 4.79 Å². The Morgan fingerprint density at radius 3 is 2.52 bits per heavy atom. The van der Waals surface area contributed by atoms with Gasteiger partial charge in [-0.05, 0) is 25.5 Å². The number of imidazole rings is 1. The third-order valence-electron chi connectivity index (χ3n) is 4.51. The van der Waals surface area contributed by atoms with E-state index < -0.39 is 0 Å². The molecule has 1 aromatic heterocycles. The van der Waals surface area contributed by atoms with Crippen molar-refractivity contribution in [3.63, 3.8) is 0 Å². The lowest BCUT2D eigenvalue weighted by molar-refractivity contribution is -0.117. The number of amides is 1. The van der Waals surface area contributed by atoms with Gasteiger partial charge in [0.25, 0.3) is 0 Å². The summed E-state index contributed by atoms with van der Waals surface area (Å²) in [5.74, 6) is 0.802. The molecule has 4 nitrogen and oxygen atoms in total. The van der Waals surface area contributed by atoms with Gasteiger partial charge in [0.1, 0.15) is 5.82 Å². The molecule has 0 saturated heterocycles. The van der Waals surface area contributed by atoms with Crippen LogP contribution in [0, 0.1) is 0 Å². The zero-order valence-electron chi connectivity index (χ0n) is 15.7. The van der Waals surface area contributed by atoms with Crippen LogP contribution in [0.1, 0.15) is 64.6 Å². The van der Waals surface area contributed by atoms with E-state index in [0.29, 0.717) is 12.1 Å². The number of carbonyl (C=O) groups is 1. The average Bonchev–Trinajstić information content (AvgIpc) is 2.96. The Balaban J connectivity index is 1.97. The zero-order chi connectivity index (χ0) is 18.1. The lowest BCUT2D eigenvalue weighted by atomic mass is 10.1. The SMILES string of the molecule is C=C(C)C(=O)NCc1nc2ccccc2n1CCCCCCCCC. The Hall–Kier alpha value is -2.10. The normalized spacial score (nSPS) is 11.0. The van der Waals surface area contributed by atoms with Crippen molar-refractivity contribution in [3.05, 3.63) is 42.2 Å². The Bertz CT molecular complexity index is 702. The molecule has 0 aliphatic carbocycles. The van der Waals surface area contributed by atoms with Gasteiger partial charge in [-0.1, -0.05) is 64.2 Å². The maximum Gasteiger partial charge on any atom is 0.246 e. The predicted molar refractivity (Wildman–Crippen MR) is 104 cm³/mol. The van der Waals surface area contributed by atoms with Gasteiger partial charge >= 0.3 is 0 Å². The van der Waals surface area contributed by atoms with Crippen LogP contribution in [0.25, 0.3) is 11.0 Å². The summed E-state index contributed by atoms with van der Waals surface area (Å²) in [5, 5.41) is 2.90. The minimum atomic E-state index is -0.116. The summed E-state index contributed by atoms with van der Waals surface area (Å²) in [5.41, 5.74) is 2.66. The van der Waals surface area contributed by atoms with E-state index in [-0.39, 0.29) is 5.91 Å². The molecular formula is C21H31N3O. The van der Waals surface area contributed by atoms with Crippen LogP contribution in [0.2, 0.25) is 0 Å². The molecule has 0 atom stereocenters. The quantitative estimate of drug-likeness (QED) is 0.463. The summed E-state index contributed by atoms with van der Waals surface area (Å²) < 4.78 is 2.25. The van der Waals surface area contributed by atoms with Gasteiger partial charge in [-0.3, -0.25) is 4.79 Å². The van der Waals surface area contributed by atoms with Crippen molar-refractivity contribution in [2.45, 2.75) is 71.9 Å².